The summed E-state index contributed by atoms with van der Waals surface area (Å²) in [6.45, 7) is 0. The Balaban J connectivity index is 2.02. The van der Waals surface area contributed by atoms with Gasteiger partial charge in [-0.25, -0.2) is 8.42 Å². The molecule has 1 atom stereocenters. The van der Waals surface area contributed by atoms with E-state index in [1.165, 1.54) is 7.11 Å². The highest BCUT2D eigenvalue weighted by Crippen LogP contribution is 2.34. The number of methoxy groups -OCH3 is 1. The van der Waals surface area contributed by atoms with E-state index in [-0.39, 0.29) is 17.5 Å². The summed E-state index contributed by atoms with van der Waals surface area (Å²) < 4.78 is 67.9. The molecule has 0 bridgehead atoms. The second kappa shape index (κ2) is 5.76. The van der Waals surface area contributed by atoms with Gasteiger partial charge < -0.3 is 4.74 Å². The topological polar surface area (TPSA) is 81.2 Å². The number of nitrogens with zero attached hydrogens (tertiary/aromatic N) is 2. The van der Waals surface area contributed by atoms with Crippen molar-refractivity contribution in [2.75, 3.05) is 17.6 Å². The van der Waals surface area contributed by atoms with Crippen molar-refractivity contribution >= 4 is 15.8 Å². The largest absolute Gasteiger partial charge is 0.435 e. The zero-order valence-corrected chi connectivity index (χ0v) is 11.9. The maximum absolute atomic E-state index is 12.3. The summed E-state index contributed by atoms with van der Waals surface area (Å²) >= 11 is 0. The molecule has 0 spiro atoms. The quantitative estimate of drug-likeness (QED) is 0.860. The van der Waals surface area contributed by atoms with Gasteiger partial charge in [-0.1, -0.05) is 0 Å². The second-order valence-corrected chi connectivity index (χ2v) is 6.56. The minimum Gasteiger partial charge on any atom is -0.380 e. The minimum atomic E-state index is -4.61. The van der Waals surface area contributed by atoms with E-state index in [4.69, 9.17) is 4.74 Å². The molecular formula is C11H14F3N3O3S. The van der Waals surface area contributed by atoms with Crippen LogP contribution in [0.4, 0.5) is 19.0 Å². The fourth-order valence-corrected chi connectivity index (χ4v) is 3.17. The van der Waals surface area contributed by atoms with Gasteiger partial charge >= 0.3 is 6.18 Å². The molecular weight excluding hydrogens is 311 g/mol. The molecule has 6 nitrogen and oxygen atoms in total. The highest BCUT2D eigenvalue weighted by atomic mass is 32.2. The summed E-state index contributed by atoms with van der Waals surface area (Å²) in [5.41, 5.74) is -1.18. The molecule has 0 amide bonds. The number of sulfonamides is 1. The number of ether oxygens (including phenoxy) is 1. The molecule has 0 radical (unpaired) electrons. The predicted molar refractivity (Wildman–Crippen MR) is 68.0 cm³/mol. The Morgan fingerprint density at radius 1 is 1.38 bits per heavy atom. The Kier molecular flexibility index (Phi) is 4.38. The van der Waals surface area contributed by atoms with Crippen molar-refractivity contribution in [2.24, 2.45) is 5.92 Å². The first-order chi connectivity index (χ1) is 9.71. The molecule has 1 heterocycles. The number of halogens is 3. The molecule has 1 saturated carbocycles. The van der Waals surface area contributed by atoms with Gasteiger partial charge in [0, 0.05) is 7.11 Å². The van der Waals surface area contributed by atoms with Crippen molar-refractivity contribution < 1.29 is 26.3 Å². The summed E-state index contributed by atoms with van der Waals surface area (Å²) in [7, 11) is -2.33. The van der Waals surface area contributed by atoms with E-state index in [2.05, 4.69) is 14.9 Å². The van der Waals surface area contributed by atoms with E-state index in [1.807, 2.05) is 0 Å². The standard InChI is InChI=1S/C11H14F3N3O3S/c1-20-8(7-2-3-7)6-21(18,19)17-10-5-4-9(15-16-10)11(12,13)14/h4-5,7-8H,2-3,6H2,1H3,(H,16,17). The van der Waals surface area contributed by atoms with Crippen LogP contribution in [-0.2, 0) is 20.9 Å². The Morgan fingerprint density at radius 3 is 2.48 bits per heavy atom. The van der Waals surface area contributed by atoms with Gasteiger partial charge in [0.25, 0.3) is 0 Å². The van der Waals surface area contributed by atoms with Gasteiger partial charge in [-0.3, -0.25) is 4.72 Å². The molecule has 2 rings (SSSR count). The van der Waals surface area contributed by atoms with Crippen molar-refractivity contribution in [3.63, 3.8) is 0 Å². The van der Waals surface area contributed by atoms with Gasteiger partial charge in [0.15, 0.2) is 11.5 Å². The molecule has 1 unspecified atom stereocenters. The van der Waals surface area contributed by atoms with Crippen molar-refractivity contribution in [3.8, 4) is 0 Å². The fraction of sp³-hybridized carbons (Fsp3) is 0.636. The molecule has 1 aliphatic rings. The third-order valence-electron chi connectivity index (χ3n) is 3.05. The minimum absolute atomic E-state index is 0.213. The maximum atomic E-state index is 12.3. The van der Waals surface area contributed by atoms with Crippen molar-refractivity contribution in [3.05, 3.63) is 17.8 Å². The van der Waals surface area contributed by atoms with Gasteiger partial charge in [0.05, 0.1) is 11.9 Å². The van der Waals surface area contributed by atoms with Crippen molar-refractivity contribution in [2.45, 2.75) is 25.1 Å². The summed E-state index contributed by atoms with van der Waals surface area (Å²) in [6, 6.07) is 1.59. The zero-order chi connectivity index (χ0) is 15.7. The average Bonchev–Trinajstić information content (AvgIpc) is 3.19. The third-order valence-corrected chi connectivity index (χ3v) is 4.34. The number of nitrogens with one attached hydrogen (secondary N) is 1. The molecule has 0 aromatic carbocycles. The van der Waals surface area contributed by atoms with Gasteiger partial charge in [-0.2, -0.15) is 13.2 Å². The lowest BCUT2D eigenvalue weighted by Crippen LogP contribution is -2.29. The second-order valence-electron chi connectivity index (χ2n) is 4.80. The molecule has 1 N–H and O–H groups in total. The monoisotopic (exact) mass is 325 g/mol. The first kappa shape index (κ1) is 16.0. The van der Waals surface area contributed by atoms with E-state index in [1.54, 1.807) is 0 Å². The fourth-order valence-electron chi connectivity index (χ4n) is 1.82. The predicted octanol–water partition coefficient (Wildman–Crippen LogP) is 1.66. The van der Waals surface area contributed by atoms with E-state index in [0.29, 0.717) is 6.07 Å². The van der Waals surface area contributed by atoms with Crippen LogP contribution in [0.3, 0.4) is 0 Å². The molecule has 1 aromatic rings. The normalized spacial score (nSPS) is 17.5. The van der Waals surface area contributed by atoms with Gasteiger partial charge in [0.1, 0.15) is 0 Å². The molecule has 118 valence electrons. The maximum Gasteiger partial charge on any atom is 0.435 e. The van der Waals surface area contributed by atoms with Gasteiger partial charge in [0.2, 0.25) is 10.0 Å². The van der Waals surface area contributed by atoms with Crippen LogP contribution < -0.4 is 4.72 Å². The third kappa shape index (κ3) is 4.53. The number of anilines is 1. The number of hydrogen-bond acceptors (Lipinski definition) is 5. The Hall–Kier alpha value is -1.42. The van der Waals surface area contributed by atoms with Crippen LogP contribution in [0.15, 0.2) is 12.1 Å². The first-order valence-corrected chi connectivity index (χ1v) is 7.81. The summed E-state index contributed by atoms with van der Waals surface area (Å²) in [6.07, 6.45) is -3.22. The molecule has 1 aromatic heterocycles. The molecule has 1 aliphatic carbocycles. The van der Waals surface area contributed by atoms with E-state index >= 15 is 0 Å². The summed E-state index contributed by atoms with van der Waals surface area (Å²) in [5.74, 6) is -0.310. The van der Waals surface area contributed by atoms with Crippen LogP contribution >= 0.6 is 0 Å². The lowest BCUT2D eigenvalue weighted by Gasteiger charge is -2.15. The molecule has 0 aliphatic heterocycles. The number of hydrogen-bond donors (Lipinski definition) is 1. The summed E-state index contributed by atoms with van der Waals surface area (Å²) in [5, 5.41) is 6.17. The Bertz CT molecular complexity index is 585. The number of aromatic nitrogens is 2. The molecule has 0 saturated heterocycles. The van der Waals surface area contributed by atoms with Crippen LogP contribution in [0.1, 0.15) is 18.5 Å². The first-order valence-electron chi connectivity index (χ1n) is 6.15. The summed E-state index contributed by atoms with van der Waals surface area (Å²) in [4.78, 5) is 0. The van der Waals surface area contributed by atoms with Crippen molar-refractivity contribution in [1.29, 1.82) is 0 Å². The van der Waals surface area contributed by atoms with Crippen LogP contribution in [0.2, 0.25) is 0 Å². The van der Waals surface area contributed by atoms with Crippen LogP contribution in [0.5, 0.6) is 0 Å². The molecule has 10 heteroatoms. The lowest BCUT2D eigenvalue weighted by atomic mass is 10.3. The van der Waals surface area contributed by atoms with E-state index in [9.17, 15) is 21.6 Å². The number of rotatable bonds is 6. The zero-order valence-electron chi connectivity index (χ0n) is 11.1. The SMILES string of the molecule is COC(CS(=O)(=O)Nc1ccc(C(F)(F)F)nn1)C1CC1. The lowest BCUT2D eigenvalue weighted by molar-refractivity contribution is -0.141. The van der Waals surface area contributed by atoms with Gasteiger partial charge in [-0.05, 0) is 30.9 Å². The van der Waals surface area contributed by atoms with Crippen LogP contribution in [0, 0.1) is 5.92 Å². The van der Waals surface area contributed by atoms with E-state index < -0.39 is 28.0 Å². The smallest absolute Gasteiger partial charge is 0.380 e. The van der Waals surface area contributed by atoms with Gasteiger partial charge in [-0.15, -0.1) is 10.2 Å². The molecule has 21 heavy (non-hydrogen) atoms. The van der Waals surface area contributed by atoms with Crippen LogP contribution in [0.25, 0.3) is 0 Å². The van der Waals surface area contributed by atoms with Crippen molar-refractivity contribution in [1.82, 2.24) is 10.2 Å². The average molecular weight is 325 g/mol. The Morgan fingerprint density at radius 2 is 2.05 bits per heavy atom. The Labute approximate surface area is 119 Å². The van der Waals surface area contributed by atoms with Crippen LogP contribution in [-0.4, -0.2) is 37.6 Å². The molecule has 1 fully saturated rings. The number of alkyl halides is 3. The highest BCUT2D eigenvalue weighted by Gasteiger charge is 2.35. The van der Waals surface area contributed by atoms with E-state index in [0.717, 1.165) is 18.9 Å². The highest BCUT2D eigenvalue weighted by molar-refractivity contribution is 7.92.